The molecule has 2 aromatic rings. The zero-order valence-corrected chi connectivity index (χ0v) is 11.3. The van der Waals surface area contributed by atoms with Crippen molar-refractivity contribution >= 4 is 17.4 Å². The first-order valence-electron chi connectivity index (χ1n) is 6.00. The quantitative estimate of drug-likeness (QED) is 0.912. The second-order valence-corrected chi connectivity index (χ2v) is 5.20. The first-order chi connectivity index (χ1) is 9.76. The highest BCUT2D eigenvalue weighted by Gasteiger charge is 2.12. The lowest BCUT2D eigenvalue weighted by Crippen LogP contribution is -2.15. The smallest absolute Gasteiger partial charge is 0.164 e. The van der Waals surface area contributed by atoms with Gasteiger partial charge in [-0.1, -0.05) is 11.8 Å². The molecule has 0 atom stereocenters. The number of nitrogen functional groups attached to an aromatic ring is 1. The van der Waals surface area contributed by atoms with Gasteiger partial charge in [-0.15, -0.1) is 0 Å². The number of aromatic nitrogens is 1. The van der Waals surface area contributed by atoms with Gasteiger partial charge in [0.2, 0.25) is 0 Å². The van der Waals surface area contributed by atoms with Crippen molar-refractivity contribution in [2.45, 2.75) is 9.92 Å². The summed E-state index contributed by atoms with van der Waals surface area (Å²) in [6, 6.07) is 11.2. The van der Waals surface area contributed by atoms with E-state index in [1.165, 1.54) is 11.8 Å². The third kappa shape index (κ3) is 2.49. The molecule has 20 heavy (non-hydrogen) atoms. The maximum absolute atomic E-state index is 8.93. The highest BCUT2D eigenvalue weighted by molar-refractivity contribution is 7.99. The summed E-state index contributed by atoms with van der Waals surface area (Å²) in [6.45, 7) is 1.13. The van der Waals surface area contributed by atoms with Crippen LogP contribution in [0.1, 0.15) is 5.69 Å². The van der Waals surface area contributed by atoms with Crippen molar-refractivity contribution < 1.29 is 9.47 Å². The molecule has 3 rings (SSSR count). The second-order valence-electron chi connectivity index (χ2n) is 4.11. The molecule has 0 spiro atoms. The van der Waals surface area contributed by atoms with Gasteiger partial charge in [0.25, 0.3) is 0 Å². The number of pyridine rings is 1. The average molecular weight is 285 g/mol. The number of fused-ring (bicyclic) bond motifs is 1. The van der Waals surface area contributed by atoms with Crippen LogP contribution in [0, 0.1) is 11.3 Å². The van der Waals surface area contributed by atoms with Gasteiger partial charge >= 0.3 is 0 Å². The van der Waals surface area contributed by atoms with E-state index in [1.54, 1.807) is 12.1 Å². The zero-order chi connectivity index (χ0) is 13.9. The van der Waals surface area contributed by atoms with Crippen molar-refractivity contribution in [3.8, 4) is 17.6 Å². The molecular weight excluding hydrogens is 274 g/mol. The van der Waals surface area contributed by atoms with Crippen molar-refractivity contribution in [2.75, 3.05) is 18.9 Å². The molecular formula is C14H11N3O2S. The van der Waals surface area contributed by atoms with Crippen molar-refractivity contribution in [3.05, 3.63) is 36.0 Å². The molecule has 100 valence electrons. The maximum atomic E-state index is 8.93. The highest BCUT2D eigenvalue weighted by atomic mass is 32.2. The number of anilines is 1. The zero-order valence-electron chi connectivity index (χ0n) is 10.5. The second kappa shape index (κ2) is 5.31. The minimum Gasteiger partial charge on any atom is -0.486 e. The Labute approximate surface area is 120 Å². The number of ether oxygens (including phenoxy) is 2. The summed E-state index contributed by atoms with van der Waals surface area (Å²) in [5.41, 5.74) is 6.28. The van der Waals surface area contributed by atoms with E-state index in [1.807, 2.05) is 24.3 Å². The molecule has 2 heterocycles. The molecule has 2 N–H and O–H groups in total. The molecule has 5 nitrogen and oxygen atoms in total. The first kappa shape index (κ1) is 12.6. The topological polar surface area (TPSA) is 81.2 Å². The highest BCUT2D eigenvalue weighted by Crippen LogP contribution is 2.36. The summed E-state index contributed by atoms with van der Waals surface area (Å²) in [4.78, 5) is 5.17. The summed E-state index contributed by atoms with van der Waals surface area (Å²) in [5, 5.41) is 9.64. The third-order valence-corrected chi connectivity index (χ3v) is 3.67. The summed E-state index contributed by atoms with van der Waals surface area (Å²) in [6.07, 6.45) is 0. The molecule has 0 radical (unpaired) electrons. The first-order valence-corrected chi connectivity index (χ1v) is 6.82. The third-order valence-electron chi connectivity index (χ3n) is 2.74. The fourth-order valence-electron chi connectivity index (χ4n) is 1.81. The van der Waals surface area contributed by atoms with Gasteiger partial charge in [0, 0.05) is 4.90 Å². The molecule has 0 saturated heterocycles. The van der Waals surface area contributed by atoms with Gasteiger partial charge < -0.3 is 15.2 Å². The number of benzene rings is 1. The number of hydrogen-bond acceptors (Lipinski definition) is 6. The molecule has 0 unspecified atom stereocenters. The lowest BCUT2D eigenvalue weighted by atomic mass is 10.3. The van der Waals surface area contributed by atoms with E-state index in [9.17, 15) is 0 Å². The van der Waals surface area contributed by atoms with Crippen molar-refractivity contribution in [2.24, 2.45) is 0 Å². The van der Waals surface area contributed by atoms with Crippen LogP contribution in [-0.2, 0) is 0 Å². The van der Waals surface area contributed by atoms with E-state index in [-0.39, 0.29) is 5.69 Å². The molecule has 0 fully saturated rings. The van der Waals surface area contributed by atoms with Gasteiger partial charge in [-0.2, -0.15) is 5.26 Å². The molecule has 0 amide bonds. The minimum absolute atomic E-state index is 0.243. The van der Waals surface area contributed by atoms with Gasteiger partial charge in [0.1, 0.15) is 24.3 Å². The van der Waals surface area contributed by atoms with E-state index in [4.69, 9.17) is 20.5 Å². The van der Waals surface area contributed by atoms with E-state index < -0.39 is 0 Å². The molecule has 1 aromatic carbocycles. The number of rotatable bonds is 2. The van der Waals surface area contributed by atoms with E-state index >= 15 is 0 Å². The number of nitrogens with two attached hydrogens (primary N) is 1. The van der Waals surface area contributed by atoms with Crippen LogP contribution in [0.5, 0.6) is 11.5 Å². The van der Waals surface area contributed by atoms with Crippen LogP contribution in [0.2, 0.25) is 0 Å². The Balaban J connectivity index is 1.86. The Morgan fingerprint density at radius 1 is 1.15 bits per heavy atom. The SMILES string of the molecule is N#Cc1nc(Sc2ccc3c(c2)OCCO3)ccc1N. The van der Waals surface area contributed by atoms with Crippen LogP contribution in [0.4, 0.5) is 5.69 Å². The Bertz CT molecular complexity index is 697. The Hall–Kier alpha value is -2.39. The number of nitriles is 1. The molecule has 0 saturated carbocycles. The Kier molecular flexibility index (Phi) is 3.35. The van der Waals surface area contributed by atoms with Crippen molar-refractivity contribution in [3.63, 3.8) is 0 Å². The average Bonchev–Trinajstić information content (AvgIpc) is 2.49. The van der Waals surface area contributed by atoms with Crippen LogP contribution < -0.4 is 15.2 Å². The van der Waals surface area contributed by atoms with Crippen molar-refractivity contribution in [1.82, 2.24) is 4.98 Å². The van der Waals surface area contributed by atoms with Gasteiger partial charge in [-0.25, -0.2) is 4.98 Å². The fourth-order valence-corrected chi connectivity index (χ4v) is 2.62. The Morgan fingerprint density at radius 3 is 2.75 bits per heavy atom. The predicted octanol–water partition coefficient (Wildman–Crippen LogP) is 2.46. The van der Waals surface area contributed by atoms with Crippen LogP contribution in [-0.4, -0.2) is 18.2 Å². The van der Waals surface area contributed by atoms with Crippen LogP contribution in [0.3, 0.4) is 0 Å². The van der Waals surface area contributed by atoms with Crippen LogP contribution in [0.15, 0.2) is 40.3 Å². The van der Waals surface area contributed by atoms with E-state index in [0.717, 1.165) is 16.4 Å². The van der Waals surface area contributed by atoms with Crippen LogP contribution >= 0.6 is 11.8 Å². The van der Waals surface area contributed by atoms with E-state index in [0.29, 0.717) is 23.9 Å². The summed E-state index contributed by atoms with van der Waals surface area (Å²) in [5.74, 6) is 1.49. The van der Waals surface area contributed by atoms with Gasteiger partial charge in [-0.05, 0) is 30.3 Å². The van der Waals surface area contributed by atoms with Crippen LogP contribution in [0.25, 0.3) is 0 Å². The summed E-state index contributed by atoms with van der Waals surface area (Å²) >= 11 is 1.45. The standard InChI is InChI=1S/C14H11N3O2S/c15-8-11-10(16)2-4-14(17-11)20-9-1-3-12-13(7-9)19-6-5-18-12/h1-4,7H,5-6,16H2. The predicted molar refractivity (Wildman–Crippen MR) is 74.9 cm³/mol. The lowest BCUT2D eigenvalue weighted by Gasteiger charge is -2.18. The molecule has 0 bridgehead atoms. The van der Waals surface area contributed by atoms with Gasteiger partial charge in [-0.3, -0.25) is 0 Å². The molecule has 6 heteroatoms. The normalized spacial score (nSPS) is 12.8. The van der Waals surface area contributed by atoms with Gasteiger partial charge in [0.15, 0.2) is 17.2 Å². The molecule has 1 aromatic heterocycles. The molecule has 0 aliphatic carbocycles. The van der Waals surface area contributed by atoms with Gasteiger partial charge in [0.05, 0.1) is 5.69 Å². The maximum Gasteiger partial charge on any atom is 0.164 e. The summed E-state index contributed by atoms with van der Waals surface area (Å²) < 4.78 is 11.0. The number of nitrogens with zero attached hydrogens (tertiary/aromatic N) is 2. The lowest BCUT2D eigenvalue weighted by molar-refractivity contribution is 0.171. The molecule has 1 aliphatic heterocycles. The number of hydrogen-bond donors (Lipinski definition) is 1. The Morgan fingerprint density at radius 2 is 1.95 bits per heavy atom. The summed E-state index contributed by atoms with van der Waals surface area (Å²) in [7, 11) is 0. The molecule has 1 aliphatic rings. The van der Waals surface area contributed by atoms with Crippen molar-refractivity contribution in [1.29, 1.82) is 5.26 Å². The minimum atomic E-state index is 0.243. The monoisotopic (exact) mass is 285 g/mol. The largest absolute Gasteiger partial charge is 0.486 e. The van der Waals surface area contributed by atoms with E-state index in [2.05, 4.69) is 4.98 Å². The fraction of sp³-hybridized carbons (Fsp3) is 0.143.